The number of pyridine rings is 1. The number of hydrogen-bond acceptors (Lipinski definition) is 6. The molecule has 1 aromatic heterocycles. The molecule has 6 heteroatoms. The molecule has 27 heavy (non-hydrogen) atoms. The monoisotopic (exact) mass is 363 g/mol. The lowest BCUT2D eigenvalue weighted by Gasteiger charge is -2.08. The van der Waals surface area contributed by atoms with Crippen LogP contribution in [-0.2, 0) is 6.61 Å². The molecule has 0 unspecified atom stereocenters. The Hall–Kier alpha value is -3.38. The summed E-state index contributed by atoms with van der Waals surface area (Å²) in [5, 5.41) is 22.9. The molecule has 0 bridgehead atoms. The number of aliphatic imine (C=N–C) groups is 1. The van der Waals surface area contributed by atoms with Gasteiger partial charge in [0.15, 0.2) is 0 Å². The Morgan fingerprint density at radius 3 is 2.30 bits per heavy atom. The second-order valence-electron chi connectivity index (χ2n) is 5.95. The van der Waals surface area contributed by atoms with Crippen LogP contribution < -0.4 is 10.1 Å². The Balaban J connectivity index is 1.74. The van der Waals surface area contributed by atoms with Crippen molar-refractivity contribution in [2.75, 3.05) is 12.4 Å². The molecule has 0 aliphatic rings. The third kappa shape index (κ3) is 4.43. The summed E-state index contributed by atoms with van der Waals surface area (Å²) in [7, 11) is 1.64. The van der Waals surface area contributed by atoms with Crippen molar-refractivity contribution in [2.24, 2.45) is 4.99 Å². The van der Waals surface area contributed by atoms with Gasteiger partial charge >= 0.3 is 0 Å². The fraction of sp³-hybridized carbons (Fsp3) is 0.143. The van der Waals surface area contributed by atoms with Gasteiger partial charge in [0.1, 0.15) is 11.5 Å². The SMILES string of the molecule is COc1ccc(Nc2ccc(N=Cc3c(CO)cnc(C)c3O)cc2)cc1. The maximum atomic E-state index is 10.1. The molecule has 3 N–H and O–H groups in total. The number of rotatable bonds is 6. The normalized spacial score (nSPS) is 10.9. The number of hydrogen-bond donors (Lipinski definition) is 3. The van der Waals surface area contributed by atoms with E-state index in [4.69, 9.17) is 4.74 Å². The topological polar surface area (TPSA) is 87.0 Å². The zero-order valence-corrected chi connectivity index (χ0v) is 15.2. The van der Waals surface area contributed by atoms with Crippen molar-refractivity contribution in [3.63, 3.8) is 0 Å². The van der Waals surface area contributed by atoms with Gasteiger partial charge in [0, 0.05) is 34.9 Å². The van der Waals surface area contributed by atoms with Crippen LogP contribution in [0.1, 0.15) is 16.8 Å². The number of ether oxygens (including phenoxy) is 1. The minimum absolute atomic E-state index is 0.0306. The molecule has 3 rings (SSSR count). The molecule has 0 aliphatic heterocycles. The number of nitrogens with zero attached hydrogens (tertiary/aromatic N) is 2. The van der Waals surface area contributed by atoms with E-state index in [0.717, 1.165) is 22.8 Å². The highest BCUT2D eigenvalue weighted by molar-refractivity contribution is 5.87. The van der Waals surface area contributed by atoms with Crippen molar-refractivity contribution in [3.05, 3.63) is 71.5 Å². The number of benzene rings is 2. The van der Waals surface area contributed by atoms with Gasteiger partial charge in [-0.3, -0.25) is 9.98 Å². The van der Waals surface area contributed by atoms with Crippen molar-refractivity contribution < 1.29 is 14.9 Å². The van der Waals surface area contributed by atoms with Gasteiger partial charge in [-0.2, -0.15) is 0 Å². The van der Waals surface area contributed by atoms with E-state index in [0.29, 0.717) is 16.8 Å². The maximum Gasteiger partial charge on any atom is 0.145 e. The van der Waals surface area contributed by atoms with Crippen LogP contribution in [0.5, 0.6) is 11.5 Å². The fourth-order valence-electron chi connectivity index (χ4n) is 2.53. The number of methoxy groups -OCH3 is 1. The largest absolute Gasteiger partial charge is 0.505 e. The van der Waals surface area contributed by atoms with Crippen LogP contribution >= 0.6 is 0 Å². The second kappa shape index (κ2) is 8.33. The Kier molecular flexibility index (Phi) is 5.68. The van der Waals surface area contributed by atoms with Gasteiger partial charge in [0.25, 0.3) is 0 Å². The van der Waals surface area contributed by atoms with Crippen molar-refractivity contribution in [3.8, 4) is 11.5 Å². The van der Waals surface area contributed by atoms with Gasteiger partial charge in [-0.05, 0) is 55.5 Å². The summed E-state index contributed by atoms with van der Waals surface area (Å²) in [6.45, 7) is 1.49. The van der Waals surface area contributed by atoms with Gasteiger partial charge in [-0.15, -0.1) is 0 Å². The van der Waals surface area contributed by atoms with E-state index in [2.05, 4.69) is 15.3 Å². The zero-order valence-electron chi connectivity index (χ0n) is 15.2. The lowest BCUT2D eigenvalue weighted by molar-refractivity contribution is 0.280. The molecule has 2 aromatic carbocycles. The first kappa shape index (κ1) is 18.4. The standard InChI is InChI=1S/C21H21N3O3/c1-14-21(26)20(15(13-25)11-22-14)12-23-16-3-5-17(6-4-16)24-18-7-9-19(27-2)10-8-18/h3-12,24-26H,13H2,1-2H3. The van der Waals surface area contributed by atoms with Crippen LogP contribution in [-0.4, -0.2) is 28.5 Å². The number of aliphatic hydroxyl groups is 1. The molecule has 138 valence electrons. The first-order valence-electron chi connectivity index (χ1n) is 8.44. The van der Waals surface area contributed by atoms with Gasteiger partial charge in [-0.1, -0.05) is 0 Å². The van der Waals surface area contributed by atoms with Crippen molar-refractivity contribution in [1.82, 2.24) is 4.98 Å². The summed E-state index contributed by atoms with van der Waals surface area (Å²) in [6, 6.07) is 15.2. The predicted octanol–water partition coefficient (Wildman–Crippen LogP) is 4.09. The summed E-state index contributed by atoms with van der Waals surface area (Å²) in [5.74, 6) is 0.838. The molecule has 0 spiro atoms. The van der Waals surface area contributed by atoms with E-state index in [1.165, 1.54) is 6.20 Å². The molecule has 0 fully saturated rings. The molecule has 0 atom stereocenters. The number of aromatic hydroxyl groups is 1. The van der Waals surface area contributed by atoms with E-state index in [1.54, 1.807) is 20.2 Å². The maximum absolute atomic E-state index is 10.1. The molecule has 0 aliphatic carbocycles. The van der Waals surface area contributed by atoms with Crippen LogP contribution in [0.25, 0.3) is 0 Å². The molecule has 0 saturated heterocycles. The van der Waals surface area contributed by atoms with E-state index < -0.39 is 0 Å². The van der Waals surface area contributed by atoms with Crippen LogP contribution in [0.3, 0.4) is 0 Å². The Labute approximate surface area is 157 Å². The summed E-state index contributed by atoms with van der Waals surface area (Å²) in [6.07, 6.45) is 3.08. The highest BCUT2D eigenvalue weighted by atomic mass is 16.5. The Bertz CT molecular complexity index is 936. The van der Waals surface area contributed by atoms with Crippen molar-refractivity contribution >= 4 is 23.3 Å². The summed E-state index contributed by atoms with van der Waals surface area (Å²) < 4.78 is 5.15. The predicted molar refractivity (Wildman–Crippen MR) is 107 cm³/mol. The minimum Gasteiger partial charge on any atom is -0.505 e. The van der Waals surface area contributed by atoms with Crippen LogP contribution in [0, 0.1) is 6.92 Å². The third-order valence-electron chi connectivity index (χ3n) is 4.12. The quantitative estimate of drug-likeness (QED) is 0.574. The molecule has 0 amide bonds. The van der Waals surface area contributed by atoms with E-state index >= 15 is 0 Å². The van der Waals surface area contributed by atoms with E-state index in [9.17, 15) is 10.2 Å². The molecule has 6 nitrogen and oxygen atoms in total. The first-order valence-corrected chi connectivity index (χ1v) is 8.44. The van der Waals surface area contributed by atoms with Crippen LogP contribution in [0.2, 0.25) is 0 Å². The minimum atomic E-state index is -0.215. The second-order valence-corrected chi connectivity index (χ2v) is 5.95. The first-order chi connectivity index (χ1) is 13.1. The van der Waals surface area contributed by atoms with Crippen LogP contribution in [0.15, 0.2) is 59.7 Å². The molecular weight excluding hydrogens is 342 g/mol. The third-order valence-corrected chi connectivity index (χ3v) is 4.12. The zero-order chi connectivity index (χ0) is 19.2. The number of nitrogens with one attached hydrogen (secondary N) is 1. The average molecular weight is 363 g/mol. The molecular formula is C21H21N3O3. The number of aliphatic hydroxyl groups excluding tert-OH is 1. The highest BCUT2D eigenvalue weighted by Gasteiger charge is 2.09. The van der Waals surface area contributed by atoms with Crippen molar-refractivity contribution in [2.45, 2.75) is 13.5 Å². The molecule has 1 heterocycles. The Morgan fingerprint density at radius 1 is 1.07 bits per heavy atom. The summed E-state index contributed by atoms with van der Waals surface area (Å²) >= 11 is 0. The van der Waals surface area contributed by atoms with E-state index in [1.807, 2.05) is 48.5 Å². The highest BCUT2D eigenvalue weighted by Crippen LogP contribution is 2.25. The van der Waals surface area contributed by atoms with Crippen molar-refractivity contribution in [1.29, 1.82) is 0 Å². The van der Waals surface area contributed by atoms with Gasteiger partial charge in [0.05, 0.1) is 25.1 Å². The molecule has 0 radical (unpaired) electrons. The number of anilines is 2. The smallest absolute Gasteiger partial charge is 0.145 e. The summed E-state index contributed by atoms with van der Waals surface area (Å²) in [5.41, 5.74) is 4.11. The Morgan fingerprint density at radius 2 is 1.70 bits per heavy atom. The number of aromatic nitrogens is 1. The lowest BCUT2D eigenvalue weighted by Crippen LogP contribution is -1.97. The van der Waals surface area contributed by atoms with Gasteiger partial charge < -0.3 is 20.3 Å². The summed E-state index contributed by atoms with van der Waals surface area (Å²) in [4.78, 5) is 8.43. The fourth-order valence-corrected chi connectivity index (χ4v) is 2.53. The molecule has 3 aromatic rings. The molecule has 0 saturated carbocycles. The average Bonchev–Trinajstić information content (AvgIpc) is 2.71. The van der Waals surface area contributed by atoms with E-state index in [-0.39, 0.29) is 12.4 Å². The number of aryl methyl sites for hydroxylation is 1. The lowest BCUT2D eigenvalue weighted by atomic mass is 10.1. The van der Waals surface area contributed by atoms with Gasteiger partial charge in [-0.25, -0.2) is 0 Å². The van der Waals surface area contributed by atoms with Crippen LogP contribution in [0.4, 0.5) is 17.1 Å². The van der Waals surface area contributed by atoms with Gasteiger partial charge in [0.2, 0.25) is 0 Å².